The molecule has 3 heteroatoms. The van der Waals surface area contributed by atoms with E-state index in [2.05, 4.69) is 13.8 Å². The molecule has 1 aromatic carbocycles. The van der Waals surface area contributed by atoms with Gasteiger partial charge in [0.05, 0.1) is 11.1 Å². The van der Waals surface area contributed by atoms with Crippen LogP contribution in [0.3, 0.4) is 0 Å². The average Bonchev–Trinajstić information content (AvgIpc) is 2.59. The number of hydrogen-bond acceptors (Lipinski definition) is 2. The molecule has 0 atom stereocenters. The van der Waals surface area contributed by atoms with Crippen LogP contribution in [0.15, 0.2) is 24.3 Å². The summed E-state index contributed by atoms with van der Waals surface area (Å²) in [6.07, 6.45) is 2.95. The highest BCUT2D eigenvalue weighted by molar-refractivity contribution is 6.21. The van der Waals surface area contributed by atoms with Gasteiger partial charge in [0.2, 0.25) is 0 Å². The molecule has 0 N–H and O–H groups in total. The first-order chi connectivity index (χ1) is 8.61. The number of carbonyl (C=O) groups excluding carboxylic acids is 2. The van der Waals surface area contributed by atoms with Crippen LogP contribution in [0.4, 0.5) is 0 Å². The Morgan fingerprint density at radius 2 is 1.56 bits per heavy atom. The molecule has 1 heterocycles. The van der Waals surface area contributed by atoms with Crippen LogP contribution in [-0.2, 0) is 0 Å². The molecule has 95 valence electrons. The molecule has 0 fully saturated rings. The maximum atomic E-state index is 12.0. The second-order valence-corrected chi connectivity index (χ2v) is 4.97. The minimum atomic E-state index is -0.146. The molecule has 0 unspecified atom stereocenters. The van der Waals surface area contributed by atoms with E-state index in [1.165, 1.54) is 10.8 Å². The van der Waals surface area contributed by atoms with Gasteiger partial charge in [0.15, 0.2) is 0 Å². The van der Waals surface area contributed by atoms with Crippen molar-refractivity contribution in [2.75, 3.05) is 6.54 Å². The van der Waals surface area contributed by atoms with Gasteiger partial charge in [0, 0.05) is 6.54 Å². The highest BCUT2D eigenvalue weighted by Gasteiger charge is 2.34. The fourth-order valence-electron chi connectivity index (χ4n) is 2.19. The van der Waals surface area contributed by atoms with Crippen LogP contribution >= 0.6 is 0 Å². The fraction of sp³-hybridized carbons (Fsp3) is 0.400. The smallest absolute Gasteiger partial charge is 0.261 e. The van der Waals surface area contributed by atoms with E-state index in [0.29, 0.717) is 17.7 Å². The predicted octanol–water partition coefficient (Wildman–Crippen LogP) is 3.07. The SMILES string of the molecule is C[C](C)CCCCN1C(=O)c2ccccc2C1=O. The predicted molar refractivity (Wildman–Crippen MR) is 70.3 cm³/mol. The van der Waals surface area contributed by atoms with Crippen molar-refractivity contribution in [2.24, 2.45) is 0 Å². The topological polar surface area (TPSA) is 37.4 Å². The number of amides is 2. The van der Waals surface area contributed by atoms with E-state index in [4.69, 9.17) is 0 Å². The van der Waals surface area contributed by atoms with Crippen molar-refractivity contribution < 1.29 is 9.59 Å². The molecule has 1 aliphatic rings. The van der Waals surface area contributed by atoms with Gasteiger partial charge in [-0.15, -0.1) is 0 Å². The van der Waals surface area contributed by atoms with E-state index >= 15 is 0 Å². The van der Waals surface area contributed by atoms with Gasteiger partial charge in [-0.2, -0.15) is 0 Å². The van der Waals surface area contributed by atoms with Crippen molar-refractivity contribution in [1.82, 2.24) is 4.90 Å². The van der Waals surface area contributed by atoms with E-state index in [1.54, 1.807) is 24.3 Å². The van der Waals surface area contributed by atoms with E-state index < -0.39 is 0 Å². The highest BCUT2D eigenvalue weighted by Crippen LogP contribution is 2.23. The lowest BCUT2D eigenvalue weighted by Gasteiger charge is -2.13. The Hall–Kier alpha value is -1.64. The molecular weight excluding hydrogens is 226 g/mol. The molecule has 0 saturated carbocycles. The van der Waals surface area contributed by atoms with E-state index in [0.717, 1.165) is 19.3 Å². The molecule has 3 nitrogen and oxygen atoms in total. The number of hydrogen-bond donors (Lipinski definition) is 0. The van der Waals surface area contributed by atoms with Crippen LogP contribution < -0.4 is 0 Å². The van der Waals surface area contributed by atoms with E-state index in [-0.39, 0.29) is 11.8 Å². The van der Waals surface area contributed by atoms with Crippen LogP contribution in [-0.4, -0.2) is 23.3 Å². The second kappa shape index (κ2) is 5.34. The first-order valence-corrected chi connectivity index (χ1v) is 6.35. The summed E-state index contributed by atoms with van der Waals surface area (Å²) in [5.74, 6) is 1.10. The van der Waals surface area contributed by atoms with Crippen LogP contribution in [0.25, 0.3) is 0 Å². The first-order valence-electron chi connectivity index (χ1n) is 6.35. The summed E-state index contributed by atoms with van der Waals surface area (Å²) in [5.41, 5.74) is 1.08. The summed E-state index contributed by atoms with van der Waals surface area (Å²) >= 11 is 0. The number of carbonyl (C=O) groups is 2. The Labute approximate surface area is 108 Å². The number of fused-ring (bicyclic) bond motifs is 1. The Kier molecular flexibility index (Phi) is 3.80. The molecule has 0 saturated heterocycles. The minimum absolute atomic E-state index is 0.146. The Morgan fingerprint density at radius 1 is 1.00 bits per heavy atom. The van der Waals surface area contributed by atoms with Crippen LogP contribution in [0.2, 0.25) is 0 Å². The molecule has 0 aliphatic carbocycles. The van der Waals surface area contributed by atoms with E-state index in [9.17, 15) is 9.59 Å². The summed E-state index contributed by atoms with van der Waals surface area (Å²) < 4.78 is 0. The Morgan fingerprint density at radius 3 is 2.06 bits per heavy atom. The van der Waals surface area contributed by atoms with Crippen molar-refractivity contribution in [3.8, 4) is 0 Å². The van der Waals surface area contributed by atoms with Gasteiger partial charge in [0.1, 0.15) is 0 Å². The molecule has 0 bridgehead atoms. The molecular formula is C15H18NO2. The zero-order chi connectivity index (χ0) is 13.1. The lowest BCUT2D eigenvalue weighted by Crippen LogP contribution is -2.30. The number of unbranched alkanes of at least 4 members (excludes halogenated alkanes) is 1. The second-order valence-electron chi connectivity index (χ2n) is 4.97. The molecule has 1 aromatic rings. The third-order valence-electron chi connectivity index (χ3n) is 3.19. The number of nitrogens with zero attached hydrogens (tertiary/aromatic N) is 1. The van der Waals surface area contributed by atoms with Gasteiger partial charge in [-0.3, -0.25) is 14.5 Å². The summed E-state index contributed by atoms with van der Waals surface area (Å²) in [6.45, 7) is 4.73. The lowest BCUT2D eigenvalue weighted by molar-refractivity contribution is 0.0651. The molecule has 0 spiro atoms. The monoisotopic (exact) mass is 244 g/mol. The number of imide groups is 1. The van der Waals surface area contributed by atoms with Gasteiger partial charge in [0.25, 0.3) is 11.8 Å². The first kappa shape index (κ1) is 12.8. The van der Waals surface area contributed by atoms with Crippen molar-refractivity contribution >= 4 is 11.8 Å². The quantitative estimate of drug-likeness (QED) is 0.589. The van der Waals surface area contributed by atoms with Gasteiger partial charge < -0.3 is 0 Å². The Balaban J connectivity index is 1.97. The zero-order valence-corrected chi connectivity index (χ0v) is 10.9. The van der Waals surface area contributed by atoms with Crippen LogP contribution in [0.5, 0.6) is 0 Å². The summed E-state index contributed by atoms with van der Waals surface area (Å²) in [7, 11) is 0. The van der Waals surface area contributed by atoms with Crippen LogP contribution in [0, 0.1) is 5.92 Å². The van der Waals surface area contributed by atoms with Gasteiger partial charge in [-0.25, -0.2) is 0 Å². The highest BCUT2D eigenvalue weighted by atomic mass is 16.2. The standard InChI is InChI=1S/C15H18NO2/c1-11(2)7-5-6-10-16-14(17)12-8-3-4-9-13(12)15(16)18/h3-4,8-9H,5-7,10H2,1-2H3. The maximum Gasteiger partial charge on any atom is 0.261 e. The molecule has 0 aromatic heterocycles. The largest absolute Gasteiger partial charge is 0.274 e. The maximum absolute atomic E-state index is 12.0. The summed E-state index contributed by atoms with van der Waals surface area (Å²) in [4.78, 5) is 25.4. The minimum Gasteiger partial charge on any atom is -0.274 e. The third kappa shape index (κ3) is 2.45. The van der Waals surface area contributed by atoms with Gasteiger partial charge in [-0.05, 0) is 30.9 Å². The molecule has 18 heavy (non-hydrogen) atoms. The van der Waals surface area contributed by atoms with Gasteiger partial charge in [-0.1, -0.05) is 32.4 Å². The van der Waals surface area contributed by atoms with Crippen molar-refractivity contribution in [3.05, 3.63) is 41.3 Å². The van der Waals surface area contributed by atoms with Crippen LogP contribution in [0.1, 0.15) is 53.8 Å². The lowest BCUT2D eigenvalue weighted by atomic mass is 10.1. The Bertz CT molecular complexity index is 430. The van der Waals surface area contributed by atoms with Gasteiger partial charge >= 0.3 is 0 Å². The molecule has 1 aliphatic heterocycles. The molecule has 2 amide bonds. The van der Waals surface area contributed by atoms with Crippen molar-refractivity contribution in [3.63, 3.8) is 0 Å². The van der Waals surface area contributed by atoms with Crippen molar-refractivity contribution in [2.45, 2.75) is 33.1 Å². The average molecular weight is 244 g/mol. The molecule has 2 rings (SSSR count). The summed E-state index contributed by atoms with van der Waals surface area (Å²) in [5, 5.41) is 0. The molecule has 1 radical (unpaired) electrons. The number of rotatable bonds is 5. The van der Waals surface area contributed by atoms with E-state index in [1.807, 2.05) is 0 Å². The fourth-order valence-corrected chi connectivity index (χ4v) is 2.19. The number of benzene rings is 1. The van der Waals surface area contributed by atoms with Crippen molar-refractivity contribution in [1.29, 1.82) is 0 Å². The summed E-state index contributed by atoms with van der Waals surface area (Å²) in [6, 6.07) is 7.03. The third-order valence-corrected chi connectivity index (χ3v) is 3.19. The normalized spacial score (nSPS) is 14.5. The zero-order valence-electron chi connectivity index (χ0n) is 10.9.